The highest BCUT2D eigenvalue weighted by molar-refractivity contribution is 5.83. The van der Waals surface area contributed by atoms with E-state index in [1.165, 1.54) is 12.8 Å². The van der Waals surface area contributed by atoms with Gasteiger partial charge in [0.25, 0.3) is 0 Å². The van der Waals surface area contributed by atoms with Crippen molar-refractivity contribution in [1.82, 2.24) is 4.90 Å². The summed E-state index contributed by atoms with van der Waals surface area (Å²) in [6.45, 7) is 5.96. The fraction of sp³-hybridized carbons (Fsp3) is 0.933. The second kappa shape index (κ2) is 6.23. The third-order valence-electron chi connectivity index (χ3n) is 4.77. The minimum Gasteiger partial charge on any atom is -0.375 e. The summed E-state index contributed by atoms with van der Waals surface area (Å²) in [5, 5.41) is 0. The van der Waals surface area contributed by atoms with Crippen LogP contribution in [0.2, 0.25) is 0 Å². The molecule has 1 heterocycles. The van der Waals surface area contributed by atoms with Crippen LogP contribution in [0.5, 0.6) is 0 Å². The Labute approximate surface area is 116 Å². The SMILES string of the molecule is CC1CN(C(=O)C2(CN)CCCCCC2)C(C)CO1. The van der Waals surface area contributed by atoms with Crippen molar-refractivity contribution in [3.63, 3.8) is 0 Å². The number of rotatable bonds is 2. The zero-order chi connectivity index (χ0) is 13.9. The highest BCUT2D eigenvalue weighted by Gasteiger charge is 2.42. The average molecular weight is 268 g/mol. The highest BCUT2D eigenvalue weighted by Crippen LogP contribution is 2.37. The summed E-state index contributed by atoms with van der Waals surface area (Å²) in [4.78, 5) is 15.0. The zero-order valence-electron chi connectivity index (χ0n) is 12.4. The van der Waals surface area contributed by atoms with Crippen LogP contribution >= 0.6 is 0 Å². The van der Waals surface area contributed by atoms with Crippen molar-refractivity contribution < 1.29 is 9.53 Å². The normalized spacial score (nSPS) is 31.8. The molecule has 1 saturated carbocycles. The quantitative estimate of drug-likeness (QED) is 0.778. The third-order valence-corrected chi connectivity index (χ3v) is 4.77. The standard InChI is InChI=1S/C15H28N2O2/c1-12-10-19-13(2)9-17(12)14(18)15(11-16)7-5-3-4-6-8-15/h12-13H,3-11,16H2,1-2H3. The van der Waals surface area contributed by atoms with Crippen LogP contribution in [0.25, 0.3) is 0 Å². The second-order valence-electron chi connectivity index (χ2n) is 6.35. The largest absolute Gasteiger partial charge is 0.375 e. The predicted molar refractivity (Wildman–Crippen MR) is 75.8 cm³/mol. The van der Waals surface area contributed by atoms with E-state index in [9.17, 15) is 4.79 Å². The first-order valence-corrected chi connectivity index (χ1v) is 7.72. The number of carbonyl (C=O) groups is 1. The molecule has 2 fully saturated rings. The Morgan fingerprint density at radius 3 is 2.47 bits per heavy atom. The molecule has 2 unspecified atom stereocenters. The molecule has 2 rings (SSSR count). The molecule has 2 N–H and O–H groups in total. The maximum absolute atomic E-state index is 13.0. The van der Waals surface area contributed by atoms with Crippen LogP contribution in [-0.2, 0) is 9.53 Å². The second-order valence-corrected chi connectivity index (χ2v) is 6.35. The smallest absolute Gasteiger partial charge is 0.230 e. The number of hydrogen-bond acceptors (Lipinski definition) is 3. The van der Waals surface area contributed by atoms with Crippen molar-refractivity contribution in [2.45, 2.75) is 64.5 Å². The molecule has 0 radical (unpaired) electrons. The van der Waals surface area contributed by atoms with Crippen molar-refractivity contribution in [2.75, 3.05) is 19.7 Å². The topological polar surface area (TPSA) is 55.6 Å². The Kier molecular flexibility index (Phi) is 4.85. The van der Waals surface area contributed by atoms with Gasteiger partial charge in [0.15, 0.2) is 0 Å². The lowest BCUT2D eigenvalue weighted by Gasteiger charge is -2.42. The molecule has 110 valence electrons. The van der Waals surface area contributed by atoms with Gasteiger partial charge in [-0.25, -0.2) is 0 Å². The Hall–Kier alpha value is -0.610. The Bertz CT molecular complexity index is 311. The summed E-state index contributed by atoms with van der Waals surface area (Å²) in [5.74, 6) is 0.277. The molecule has 4 heteroatoms. The maximum Gasteiger partial charge on any atom is 0.230 e. The van der Waals surface area contributed by atoms with Gasteiger partial charge < -0.3 is 15.4 Å². The third kappa shape index (κ3) is 3.11. The van der Waals surface area contributed by atoms with E-state index in [1.54, 1.807) is 0 Å². The minimum atomic E-state index is -0.304. The molecule has 0 aromatic heterocycles. The molecule has 0 aromatic rings. The molecule has 2 aliphatic rings. The fourth-order valence-corrected chi connectivity index (χ4v) is 3.40. The van der Waals surface area contributed by atoms with Crippen LogP contribution in [0.3, 0.4) is 0 Å². The van der Waals surface area contributed by atoms with Crippen LogP contribution in [0.4, 0.5) is 0 Å². The minimum absolute atomic E-state index is 0.140. The molecule has 0 bridgehead atoms. The molecular formula is C15H28N2O2. The van der Waals surface area contributed by atoms with Crippen LogP contribution in [0.15, 0.2) is 0 Å². The van der Waals surface area contributed by atoms with Gasteiger partial charge in [0.05, 0.1) is 24.2 Å². The summed E-state index contributed by atoms with van der Waals surface area (Å²) in [5.41, 5.74) is 5.71. The monoisotopic (exact) mass is 268 g/mol. The van der Waals surface area contributed by atoms with Gasteiger partial charge in [0.1, 0.15) is 0 Å². The van der Waals surface area contributed by atoms with E-state index >= 15 is 0 Å². The summed E-state index contributed by atoms with van der Waals surface area (Å²) in [6.07, 6.45) is 6.81. The van der Waals surface area contributed by atoms with Gasteiger partial charge in [-0.1, -0.05) is 25.7 Å². The van der Waals surface area contributed by atoms with Crippen LogP contribution in [0.1, 0.15) is 52.4 Å². The number of morpholine rings is 1. The van der Waals surface area contributed by atoms with Crippen molar-refractivity contribution in [2.24, 2.45) is 11.1 Å². The lowest BCUT2D eigenvalue weighted by Crippen LogP contribution is -2.56. The first-order chi connectivity index (χ1) is 9.09. The van der Waals surface area contributed by atoms with E-state index in [0.29, 0.717) is 19.7 Å². The molecule has 4 nitrogen and oxygen atoms in total. The van der Waals surface area contributed by atoms with Gasteiger partial charge in [-0.3, -0.25) is 4.79 Å². The van der Waals surface area contributed by atoms with E-state index in [4.69, 9.17) is 10.5 Å². The Morgan fingerprint density at radius 1 is 1.26 bits per heavy atom. The zero-order valence-corrected chi connectivity index (χ0v) is 12.4. The maximum atomic E-state index is 13.0. The lowest BCUT2D eigenvalue weighted by atomic mass is 9.78. The molecule has 19 heavy (non-hydrogen) atoms. The van der Waals surface area contributed by atoms with Crippen LogP contribution < -0.4 is 5.73 Å². The summed E-state index contributed by atoms with van der Waals surface area (Å²) >= 11 is 0. The molecule has 0 spiro atoms. The van der Waals surface area contributed by atoms with E-state index in [2.05, 4.69) is 6.92 Å². The van der Waals surface area contributed by atoms with E-state index in [1.807, 2.05) is 11.8 Å². The molecule has 0 aromatic carbocycles. The first-order valence-electron chi connectivity index (χ1n) is 7.72. The van der Waals surface area contributed by atoms with Gasteiger partial charge in [-0.2, -0.15) is 0 Å². The average Bonchev–Trinajstić information content (AvgIpc) is 2.67. The summed E-state index contributed by atoms with van der Waals surface area (Å²) < 4.78 is 5.62. The molecule has 1 amide bonds. The number of hydrogen-bond donors (Lipinski definition) is 1. The molecule has 1 aliphatic carbocycles. The number of nitrogens with two attached hydrogens (primary N) is 1. The lowest BCUT2D eigenvalue weighted by molar-refractivity contribution is -0.154. The van der Waals surface area contributed by atoms with Gasteiger partial charge in [-0.15, -0.1) is 0 Å². The molecule has 2 atom stereocenters. The summed E-state index contributed by atoms with van der Waals surface area (Å²) in [7, 11) is 0. The Balaban J connectivity index is 2.14. The van der Waals surface area contributed by atoms with Gasteiger partial charge >= 0.3 is 0 Å². The number of carbonyl (C=O) groups excluding carboxylic acids is 1. The predicted octanol–water partition coefficient (Wildman–Crippen LogP) is 1.92. The molecule has 1 saturated heterocycles. The fourth-order valence-electron chi connectivity index (χ4n) is 3.40. The van der Waals surface area contributed by atoms with Crippen molar-refractivity contribution >= 4 is 5.91 Å². The number of amides is 1. The number of ether oxygens (including phenoxy) is 1. The molecule has 1 aliphatic heterocycles. The first kappa shape index (κ1) is 14.8. The van der Waals surface area contributed by atoms with Crippen LogP contribution in [-0.4, -0.2) is 42.6 Å². The van der Waals surface area contributed by atoms with Gasteiger partial charge in [0, 0.05) is 13.1 Å². The van der Waals surface area contributed by atoms with Crippen LogP contribution in [0, 0.1) is 5.41 Å². The van der Waals surface area contributed by atoms with E-state index in [-0.39, 0.29) is 23.5 Å². The Morgan fingerprint density at radius 2 is 1.89 bits per heavy atom. The highest BCUT2D eigenvalue weighted by atomic mass is 16.5. The van der Waals surface area contributed by atoms with Gasteiger partial charge in [-0.05, 0) is 26.7 Å². The van der Waals surface area contributed by atoms with E-state index < -0.39 is 0 Å². The van der Waals surface area contributed by atoms with Crippen molar-refractivity contribution in [3.8, 4) is 0 Å². The molecular weight excluding hydrogens is 240 g/mol. The summed E-state index contributed by atoms with van der Waals surface area (Å²) in [6, 6.07) is 0.176. The number of nitrogens with zero attached hydrogens (tertiary/aromatic N) is 1. The van der Waals surface area contributed by atoms with Crippen molar-refractivity contribution in [1.29, 1.82) is 0 Å². The van der Waals surface area contributed by atoms with Crippen molar-refractivity contribution in [3.05, 3.63) is 0 Å². The van der Waals surface area contributed by atoms with Gasteiger partial charge in [0.2, 0.25) is 5.91 Å². The van der Waals surface area contributed by atoms with E-state index in [0.717, 1.165) is 25.7 Å².